The molecule has 0 radical (unpaired) electrons. The first-order valence-electron chi connectivity index (χ1n) is 21.8. The Morgan fingerprint density at radius 1 is 0.460 bits per heavy atom. The molecule has 298 valence electrons. The van der Waals surface area contributed by atoms with Crippen molar-refractivity contribution in [3.05, 3.63) is 0 Å². The summed E-state index contributed by atoms with van der Waals surface area (Å²) in [6.07, 6.45) is 40.3. The highest BCUT2D eigenvalue weighted by atomic mass is 31.1. The van der Waals surface area contributed by atoms with Gasteiger partial charge in [0.25, 0.3) is 0 Å². The van der Waals surface area contributed by atoms with Crippen molar-refractivity contribution in [2.45, 2.75) is 225 Å². The molecule has 7 heteroatoms. The molecule has 0 saturated carbocycles. The van der Waals surface area contributed by atoms with Gasteiger partial charge in [-0.15, -0.1) is 0 Å². The number of ether oxygens (including phenoxy) is 2. The molecule has 0 amide bonds. The third kappa shape index (κ3) is 40.1. The molecule has 0 spiro atoms. The maximum Gasteiger partial charge on any atom is 0.306 e. The number of quaternary nitrogens is 1. The molecule has 0 aliphatic carbocycles. The zero-order chi connectivity index (χ0) is 36.8. The molecule has 0 fully saturated rings. The van der Waals surface area contributed by atoms with Crippen molar-refractivity contribution in [2.75, 3.05) is 40.6 Å². The highest BCUT2D eigenvalue weighted by Gasteiger charge is 2.18. The topological polar surface area (TPSA) is 61.8 Å². The normalized spacial score (nSPS) is 12.6. The third-order valence-electron chi connectivity index (χ3n) is 9.61. The lowest BCUT2D eigenvalue weighted by Crippen LogP contribution is -2.33. The zero-order valence-corrected chi connectivity index (χ0v) is 35.3. The summed E-state index contributed by atoms with van der Waals surface area (Å²) in [5, 5.41) is 0. The first kappa shape index (κ1) is 49.3. The van der Waals surface area contributed by atoms with E-state index < -0.39 is 6.10 Å². The molecule has 6 nitrogen and oxygen atoms in total. The predicted octanol–water partition coefficient (Wildman–Crippen LogP) is 13.2. The summed E-state index contributed by atoms with van der Waals surface area (Å²) in [5.41, 5.74) is 0. The van der Waals surface area contributed by atoms with Crippen LogP contribution in [0.2, 0.25) is 0 Å². The Kier molecular flexibility index (Phi) is 37.5. The maximum atomic E-state index is 12.6. The van der Waals surface area contributed by atoms with Gasteiger partial charge in [0.15, 0.2) is 6.10 Å². The Labute approximate surface area is 314 Å². The van der Waals surface area contributed by atoms with E-state index in [0.29, 0.717) is 21.6 Å². The van der Waals surface area contributed by atoms with E-state index in [0.717, 1.165) is 36.5 Å². The van der Waals surface area contributed by atoms with Crippen LogP contribution in [0.4, 0.5) is 0 Å². The van der Waals surface area contributed by atoms with Crippen molar-refractivity contribution in [1.29, 1.82) is 0 Å². The van der Waals surface area contributed by atoms with Crippen molar-refractivity contribution in [3.63, 3.8) is 0 Å². The van der Waals surface area contributed by atoms with Crippen LogP contribution in [0.1, 0.15) is 219 Å². The van der Waals surface area contributed by atoms with E-state index in [1.165, 1.54) is 167 Å². The van der Waals surface area contributed by atoms with E-state index in [9.17, 15) is 9.59 Å². The fourth-order valence-electron chi connectivity index (χ4n) is 6.29. The molecule has 0 aromatic heterocycles. The summed E-state index contributed by atoms with van der Waals surface area (Å²) in [7, 11) is 6.70. The van der Waals surface area contributed by atoms with Crippen LogP contribution >= 0.6 is 8.81 Å². The Hall–Kier alpha value is -0.710. The molecular formula is C43H87NO5P+. The Morgan fingerprint density at radius 2 is 0.780 bits per heavy atom. The number of carbonyl (C=O) groups excluding carboxylic acids is 2. The molecule has 0 aromatic carbocycles. The van der Waals surface area contributed by atoms with Crippen LogP contribution in [0.5, 0.6) is 0 Å². The highest BCUT2D eigenvalue weighted by Crippen LogP contribution is 2.18. The lowest BCUT2D eigenvalue weighted by molar-refractivity contribution is -0.858. The lowest BCUT2D eigenvalue weighted by atomic mass is 10.0. The Morgan fingerprint density at radius 3 is 1.12 bits per heavy atom. The number of rotatable bonds is 40. The summed E-state index contributed by atoms with van der Waals surface area (Å²) in [5.74, 6) is -0.404. The van der Waals surface area contributed by atoms with Crippen molar-refractivity contribution in [3.8, 4) is 0 Å². The summed E-state index contributed by atoms with van der Waals surface area (Å²) >= 11 is 0. The van der Waals surface area contributed by atoms with Gasteiger partial charge in [0.05, 0.1) is 36.6 Å². The summed E-state index contributed by atoms with van der Waals surface area (Å²) < 4.78 is 18.0. The molecule has 0 rings (SSSR count). The van der Waals surface area contributed by atoms with Crippen LogP contribution in [-0.2, 0) is 23.6 Å². The average Bonchev–Trinajstić information content (AvgIpc) is 3.08. The maximum absolute atomic E-state index is 12.6. The van der Waals surface area contributed by atoms with Gasteiger partial charge in [-0.3, -0.25) is 9.59 Å². The number of unbranched alkanes of at least 4 members (excludes halogenated alkanes) is 28. The second-order valence-corrected chi connectivity index (χ2v) is 17.0. The monoisotopic (exact) mass is 729 g/mol. The van der Waals surface area contributed by atoms with Gasteiger partial charge in [0, 0.05) is 12.8 Å². The Balaban J connectivity index is 3.99. The first-order chi connectivity index (χ1) is 24.3. The van der Waals surface area contributed by atoms with E-state index in [4.69, 9.17) is 14.0 Å². The fraction of sp³-hybridized carbons (Fsp3) is 0.953. The Bertz CT molecular complexity index is 729. The summed E-state index contributed by atoms with van der Waals surface area (Å²) in [4.78, 5) is 25.1. The van der Waals surface area contributed by atoms with Crippen molar-refractivity contribution >= 4 is 20.7 Å². The molecule has 0 aromatic rings. The molecule has 0 bridgehead atoms. The SMILES string of the molecule is CCCCCCCCCCCCCCCCCC(=O)OC[C@H](COPC[N+](C)(C)C)OC(=O)CCCCCCCCCCCCCCCCC. The third-order valence-corrected chi connectivity index (χ3v) is 11.1. The van der Waals surface area contributed by atoms with Gasteiger partial charge < -0.3 is 18.5 Å². The van der Waals surface area contributed by atoms with Crippen molar-refractivity contribution in [1.82, 2.24) is 0 Å². The molecule has 1 unspecified atom stereocenters. The van der Waals surface area contributed by atoms with Gasteiger partial charge in [0.2, 0.25) is 0 Å². The molecule has 0 N–H and O–H groups in total. The second kappa shape index (κ2) is 38.0. The number of hydrogen-bond donors (Lipinski definition) is 0. The van der Waals surface area contributed by atoms with E-state index in [1.807, 2.05) is 0 Å². The van der Waals surface area contributed by atoms with Crippen molar-refractivity contribution < 1.29 is 28.1 Å². The molecule has 0 aliphatic heterocycles. The van der Waals surface area contributed by atoms with E-state index in [1.54, 1.807) is 0 Å². The molecule has 2 atom stereocenters. The van der Waals surface area contributed by atoms with E-state index in [-0.39, 0.29) is 25.2 Å². The number of nitrogens with zero attached hydrogens (tertiary/aromatic N) is 1. The quantitative estimate of drug-likeness (QED) is 0.0272. The minimum atomic E-state index is -0.538. The van der Waals surface area contributed by atoms with Gasteiger partial charge >= 0.3 is 11.9 Å². The van der Waals surface area contributed by atoms with Crippen molar-refractivity contribution in [2.24, 2.45) is 0 Å². The van der Waals surface area contributed by atoms with E-state index >= 15 is 0 Å². The van der Waals surface area contributed by atoms with Gasteiger partial charge in [-0.05, 0) is 12.8 Å². The number of hydrogen-bond acceptors (Lipinski definition) is 5. The predicted molar refractivity (Wildman–Crippen MR) is 217 cm³/mol. The largest absolute Gasteiger partial charge is 0.462 e. The molecule has 0 saturated heterocycles. The molecular weight excluding hydrogens is 641 g/mol. The lowest BCUT2D eigenvalue weighted by Gasteiger charge is -2.24. The highest BCUT2D eigenvalue weighted by molar-refractivity contribution is 7.31. The van der Waals surface area contributed by atoms with Crippen LogP contribution in [0.15, 0.2) is 0 Å². The van der Waals surface area contributed by atoms with Crippen LogP contribution in [-0.4, -0.2) is 63.2 Å². The minimum Gasteiger partial charge on any atom is -0.462 e. The number of carbonyl (C=O) groups is 2. The van der Waals surface area contributed by atoms with Crippen LogP contribution < -0.4 is 0 Å². The van der Waals surface area contributed by atoms with Gasteiger partial charge in [-0.1, -0.05) is 194 Å². The molecule has 50 heavy (non-hydrogen) atoms. The second-order valence-electron chi connectivity index (χ2n) is 16.1. The van der Waals surface area contributed by atoms with Gasteiger partial charge in [-0.2, -0.15) is 0 Å². The van der Waals surface area contributed by atoms with Gasteiger partial charge in [-0.25, -0.2) is 0 Å². The van der Waals surface area contributed by atoms with Crippen LogP contribution in [0, 0.1) is 0 Å². The number of esters is 2. The summed E-state index contributed by atoms with van der Waals surface area (Å²) in [6.45, 7) is 4.91. The minimum absolute atomic E-state index is 0.0804. The summed E-state index contributed by atoms with van der Waals surface area (Å²) in [6, 6.07) is 0. The zero-order valence-electron chi connectivity index (χ0n) is 34.3. The standard InChI is InChI=1S/C43H87NO5P/c1-6-8-10-12-14-16-18-20-22-24-26-28-30-32-34-36-42(45)47-38-41(39-48-50-40-44(3,4)5)49-43(46)37-35-33-31-29-27-25-23-21-19-17-15-13-11-9-7-2/h41,50H,6-40H2,1-5H3/q+1/t41-/m1/s1. The molecule has 0 aliphatic rings. The van der Waals surface area contributed by atoms with Gasteiger partial charge in [0.1, 0.15) is 12.9 Å². The molecule has 0 heterocycles. The first-order valence-corrected chi connectivity index (χ1v) is 22.9. The van der Waals surface area contributed by atoms with E-state index in [2.05, 4.69) is 35.0 Å². The average molecular weight is 729 g/mol. The van der Waals surface area contributed by atoms with Crippen LogP contribution in [0.3, 0.4) is 0 Å². The smallest absolute Gasteiger partial charge is 0.306 e. The fourth-order valence-corrected chi connectivity index (χ4v) is 7.07. The van der Waals surface area contributed by atoms with Crippen LogP contribution in [0.25, 0.3) is 0 Å².